The zero-order chi connectivity index (χ0) is 22.0. The van der Waals surface area contributed by atoms with Crippen molar-refractivity contribution in [2.45, 2.75) is 19.8 Å². The van der Waals surface area contributed by atoms with Gasteiger partial charge in [0, 0.05) is 28.9 Å². The van der Waals surface area contributed by atoms with Gasteiger partial charge in [-0.25, -0.2) is 4.79 Å². The topological polar surface area (TPSA) is 116 Å². The Morgan fingerprint density at radius 3 is 2.53 bits per heavy atom. The molecule has 0 fully saturated rings. The molecule has 0 amide bonds. The van der Waals surface area contributed by atoms with E-state index >= 15 is 0 Å². The van der Waals surface area contributed by atoms with Crippen molar-refractivity contribution in [2.24, 2.45) is 5.92 Å². The van der Waals surface area contributed by atoms with E-state index in [1.54, 1.807) is 50.3 Å². The van der Waals surface area contributed by atoms with Crippen LogP contribution in [0, 0.1) is 16.0 Å². The molecule has 2 aliphatic rings. The van der Waals surface area contributed by atoms with Gasteiger partial charge in [-0.05, 0) is 25.5 Å². The summed E-state index contributed by atoms with van der Waals surface area (Å²) >= 11 is 0. The number of nitrogens with one attached hydrogen (secondary N) is 1. The Bertz CT molecular complexity index is 1180. The fraction of sp³-hybridized carbons (Fsp3) is 0.238. The summed E-state index contributed by atoms with van der Waals surface area (Å²) in [6, 6.07) is 6.19. The van der Waals surface area contributed by atoms with Gasteiger partial charge in [-0.2, -0.15) is 8.42 Å². The molecule has 1 N–H and O–H groups in total. The van der Waals surface area contributed by atoms with Gasteiger partial charge < -0.3 is 10.1 Å². The largest absolute Gasteiger partial charge is 0.466 e. The molecule has 8 nitrogen and oxygen atoms in total. The number of rotatable bonds is 4. The van der Waals surface area contributed by atoms with Gasteiger partial charge in [0.25, 0.3) is 5.69 Å². The summed E-state index contributed by atoms with van der Waals surface area (Å²) < 4.78 is 28.5. The summed E-state index contributed by atoms with van der Waals surface area (Å²) in [5.74, 6) is -1.99. The maximum absolute atomic E-state index is 12.6. The van der Waals surface area contributed by atoms with Crippen LogP contribution in [-0.2, 0) is 19.8 Å². The predicted molar refractivity (Wildman–Crippen MR) is 112 cm³/mol. The average Bonchev–Trinajstić information content (AvgIpc) is 2.74. The van der Waals surface area contributed by atoms with Crippen molar-refractivity contribution in [3.05, 3.63) is 86.8 Å². The lowest BCUT2D eigenvalue weighted by atomic mass is 9.77. The number of dihydropyridines is 1. The molecule has 1 aliphatic carbocycles. The zero-order valence-electron chi connectivity index (χ0n) is 16.6. The quantitative estimate of drug-likeness (QED) is 0.339. The zero-order valence-corrected chi connectivity index (χ0v) is 17.4. The Labute approximate surface area is 174 Å². The number of nitro benzene ring substituents is 1. The number of ether oxygens (including phenoxy) is 1. The van der Waals surface area contributed by atoms with Crippen molar-refractivity contribution in [3.63, 3.8) is 0 Å². The van der Waals surface area contributed by atoms with E-state index < -0.39 is 33.0 Å². The first-order valence-corrected chi connectivity index (χ1v) is 10.2. The second-order valence-electron chi connectivity index (χ2n) is 6.86. The Balaban J connectivity index is 2.29. The number of allylic oxidation sites excluding steroid dienone is 6. The highest BCUT2D eigenvalue weighted by molar-refractivity contribution is 7.73. The molecule has 1 aromatic carbocycles. The fourth-order valence-corrected chi connectivity index (χ4v) is 4.46. The highest BCUT2D eigenvalue weighted by Crippen LogP contribution is 2.43. The lowest BCUT2D eigenvalue weighted by Crippen LogP contribution is -2.34. The first-order chi connectivity index (χ1) is 14.3. The monoisotopic (exact) mass is 428 g/mol. The number of para-hydroxylation sites is 1. The predicted octanol–water partition coefficient (Wildman–Crippen LogP) is 2.80. The molecule has 0 saturated heterocycles. The third-order valence-corrected chi connectivity index (χ3v) is 5.98. The van der Waals surface area contributed by atoms with Crippen LogP contribution in [0.4, 0.5) is 5.69 Å². The van der Waals surface area contributed by atoms with E-state index in [1.807, 2.05) is 0 Å². The van der Waals surface area contributed by atoms with Crippen molar-refractivity contribution >= 4 is 26.8 Å². The minimum Gasteiger partial charge on any atom is -0.466 e. The highest BCUT2D eigenvalue weighted by atomic mass is 32.2. The average molecular weight is 428 g/mol. The van der Waals surface area contributed by atoms with Crippen LogP contribution in [0.5, 0.6) is 0 Å². The number of hydrogen-bond acceptors (Lipinski definition) is 7. The molecule has 0 bridgehead atoms. The van der Waals surface area contributed by atoms with Crippen LogP contribution in [0.3, 0.4) is 0 Å². The molecule has 9 heteroatoms. The Morgan fingerprint density at radius 1 is 1.20 bits per heavy atom. The van der Waals surface area contributed by atoms with Crippen molar-refractivity contribution in [1.29, 1.82) is 0 Å². The fourth-order valence-electron chi connectivity index (χ4n) is 3.87. The molecule has 30 heavy (non-hydrogen) atoms. The van der Waals surface area contributed by atoms with E-state index in [0.717, 1.165) is 0 Å². The molecule has 0 aromatic heterocycles. The Morgan fingerprint density at radius 2 is 1.90 bits per heavy atom. The molecule has 0 spiro atoms. The van der Waals surface area contributed by atoms with Crippen LogP contribution < -0.4 is 5.32 Å². The van der Waals surface area contributed by atoms with Crippen LogP contribution in [-0.4, -0.2) is 31.3 Å². The van der Waals surface area contributed by atoms with E-state index in [1.165, 1.54) is 19.3 Å². The number of carbonyl (C=O) groups is 1. The van der Waals surface area contributed by atoms with Crippen molar-refractivity contribution < 1.29 is 22.9 Å². The second kappa shape index (κ2) is 8.50. The normalized spacial score (nSPS) is 20.8. The van der Waals surface area contributed by atoms with Crippen LogP contribution >= 0.6 is 0 Å². The molecule has 3 rings (SSSR count). The third-order valence-electron chi connectivity index (χ3n) is 5.21. The smallest absolute Gasteiger partial charge is 0.336 e. The van der Waals surface area contributed by atoms with Crippen LogP contribution in [0.25, 0.3) is 0 Å². The van der Waals surface area contributed by atoms with Gasteiger partial charge in [0.05, 0.1) is 28.4 Å². The van der Waals surface area contributed by atoms with Gasteiger partial charge in [0.2, 0.25) is 10.3 Å². The Hall–Kier alpha value is -3.46. The minimum absolute atomic E-state index is 0.131. The van der Waals surface area contributed by atoms with Crippen LogP contribution in [0.2, 0.25) is 0 Å². The van der Waals surface area contributed by atoms with Gasteiger partial charge in [0.1, 0.15) is 0 Å². The SMILES string of the molecule is COC(=O)C1=C(C)NC(C2C=CC=CC2=S(=O)=O)=C(C)C1c1ccccc1[N+](=O)[O-]. The molecule has 1 heterocycles. The number of methoxy groups -OCH3 is 1. The minimum atomic E-state index is -2.46. The molecule has 0 radical (unpaired) electrons. The summed E-state index contributed by atoms with van der Waals surface area (Å²) in [5, 5.41) is 14.8. The molecule has 2 atom stereocenters. The molecule has 1 aliphatic heterocycles. The lowest BCUT2D eigenvalue weighted by molar-refractivity contribution is -0.385. The van der Waals surface area contributed by atoms with E-state index in [0.29, 0.717) is 22.5 Å². The van der Waals surface area contributed by atoms with Gasteiger partial charge >= 0.3 is 5.97 Å². The summed E-state index contributed by atoms with van der Waals surface area (Å²) in [7, 11) is -1.21. The maximum Gasteiger partial charge on any atom is 0.336 e. The van der Waals surface area contributed by atoms with Gasteiger partial charge in [-0.3, -0.25) is 10.1 Å². The summed E-state index contributed by atoms with van der Waals surface area (Å²) in [4.78, 5) is 23.9. The molecule has 2 unspecified atom stereocenters. The molecular weight excluding hydrogens is 408 g/mol. The molecular formula is C21H20N2O6S. The van der Waals surface area contributed by atoms with Crippen molar-refractivity contribution in [1.82, 2.24) is 5.32 Å². The Kier molecular flexibility index (Phi) is 6.02. The van der Waals surface area contributed by atoms with Crippen LogP contribution in [0.1, 0.15) is 25.3 Å². The number of hydrogen-bond donors (Lipinski definition) is 1. The number of nitro groups is 1. The third kappa shape index (κ3) is 3.71. The van der Waals surface area contributed by atoms with Gasteiger partial charge in [-0.15, -0.1) is 0 Å². The maximum atomic E-state index is 12.6. The number of nitrogens with zero attached hydrogens (tertiary/aromatic N) is 1. The first-order valence-electron chi connectivity index (χ1n) is 9.09. The lowest BCUT2D eigenvalue weighted by Gasteiger charge is -2.33. The van der Waals surface area contributed by atoms with Crippen molar-refractivity contribution in [3.8, 4) is 0 Å². The van der Waals surface area contributed by atoms with E-state index in [2.05, 4.69) is 5.32 Å². The number of carbonyl (C=O) groups excluding carboxylic acids is 1. The highest BCUT2D eigenvalue weighted by Gasteiger charge is 2.38. The number of esters is 1. The van der Waals surface area contributed by atoms with Gasteiger partial charge in [-0.1, -0.05) is 36.4 Å². The molecule has 1 aromatic rings. The number of benzene rings is 1. The van der Waals surface area contributed by atoms with Gasteiger partial charge in [0.15, 0.2) is 0 Å². The summed E-state index contributed by atoms with van der Waals surface area (Å²) in [5.41, 5.74) is 2.05. The second-order valence-corrected chi connectivity index (χ2v) is 7.80. The van der Waals surface area contributed by atoms with E-state index in [9.17, 15) is 23.3 Å². The molecule has 0 saturated carbocycles. The van der Waals surface area contributed by atoms with Crippen molar-refractivity contribution in [2.75, 3.05) is 7.11 Å². The first kappa shape index (κ1) is 21.3. The summed E-state index contributed by atoms with van der Waals surface area (Å²) in [6.45, 7) is 3.40. The standard InChI is InChI=1S/C21H20N2O6S/c1-12-18(14-8-4-6-10-16(14)23(25)26)19(21(24)29-3)13(2)22-20(12)15-9-5-7-11-17(15)30(27)28/h4-11,15,18,22H,1-3H3. The van der Waals surface area contributed by atoms with E-state index in [-0.39, 0.29) is 16.1 Å². The summed E-state index contributed by atoms with van der Waals surface area (Å²) in [6.07, 6.45) is 6.59. The molecule has 156 valence electrons. The van der Waals surface area contributed by atoms with Crippen LogP contribution in [0.15, 0.2) is 71.1 Å². The van der Waals surface area contributed by atoms with E-state index in [4.69, 9.17) is 4.74 Å².